The van der Waals surface area contributed by atoms with E-state index >= 15 is 0 Å². The molecular formula is C13H22N2O. The van der Waals surface area contributed by atoms with E-state index < -0.39 is 0 Å². The van der Waals surface area contributed by atoms with Crippen molar-refractivity contribution in [2.24, 2.45) is 0 Å². The van der Waals surface area contributed by atoms with Gasteiger partial charge in [0.05, 0.1) is 6.61 Å². The van der Waals surface area contributed by atoms with Crippen molar-refractivity contribution in [2.45, 2.75) is 26.4 Å². The third kappa shape index (κ3) is 2.97. The van der Waals surface area contributed by atoms with Gasteiger partial charge in [0.25, 0.3) is 0 Å². The number of hydrogen-bond donors (Lipinski definition) is 2. The van der Waals surface area contributed by atoms with E-state index in [1.165, 1.54) is 16.8 Å². The first-order chi connectivity index (χ1) is 7.60. The molecule has 0 aliphatic carbocycles. The number of rotatable bonds is 5. The smallest absolute Gasteiger partial charge is 0.0632 e. The highest BCUT2D eigenvalue weighted by Crippen LogP contribution is 2.22. The van der Waals surface area contributed by atoms with Crippen molar-refractivity contribution in [3.8, 4) is 0 Å². The van der Waals surface area contributed by atoms with Crippen LogP contribution in [0.4, 0.5) is 5.69 Å². The highest BCUT2D eigenvalue weighted by molar-refractivity contribution is 5.55. The molecule has 1 aromatic rings. The maximum absolute atomic E-state index is 9.18. The SMILES string of the molecule is CNCc1cc(C)ccc1N(C)C(C)CO. The lowest BCUT2D eigenvalue weighted by Gasteiger charge is -2.28. The first-order valence-electron chi connectivity index (χ1n) is 5.68. The average molecular weight is 222 g/mol. The Morgan fingerprint density at radius 3 is 2.69 bits per heavy atom. The molecule has 1 rings (SSSR count). The van der Waals surface area contributed by atoms with Gasteiger partial charge in [-0.2, -0.15) is 0 Å². The largest absolute Gasteiger partial charge is 0.394 e. The van der Waals surface area contributed by atoms with E-state index in [0.717, 1.165) is 6.54 Å². The topological polar surface area (TPSA) is 35.5 Å². The van der Waals surface area contributed by atoms with E-state index in [4.69, 9.17) is 0 Å². The fourth-order valence-electron chi connectivity index (χ4n) is 1.75. The molecule has 1 atom stereocenters. The summed E-state index contributed by atoms with van der Waals surface area (Å²) in [6.07, 6.45) is 0. The molecule has 0 bridgehead atoms. The fraction of sp³-hybridized carbons (Fsp3) is 0.538. The summed E-state index contributed by atoms with van der Waals surface area (Å²) < 4.78 is 0. The molecule has 0 fully saturated rings. The van der Waals surface area contributed by atoms with Gasteiger partial charge < -0.3 is 15.3 Å². The van der Waals surface area contributed by atoms with Gasteiger partial charge in [-0.1, -0.05) is 17.7 Å². The maximum atomic E-state index is 9.18. The minimum Gasteiger partial charge on any atom is -0.394 e. The molecule has 0 aromatic heterocycles. The molecule has 3 nitrogen and oxygen atoms in total. The Balaban J connectivity index is 3.01. The normalized spacial score (nSPS) is 12.6. The van der Waals surface area contributed by atoms with Crippen LogP contribution < -0.4 is 10.2 Å². The van der Waals surface area contributed by atoms with Crippen LogP contribution in [0.3, 0.4) is 0 Å². The number of aliphatic hydroxyl groups excluding tert-OH is 1. The van der Waals surface area contributed by atoms with Crippen molar-refractivity contribution in [1.29, 1.82) is 0 Å². The van der Waals surface area contributed by atoms with Gasteiger partial charge >= 0.3 is 0 Å². The van der Waals surface area contributed by atoms with Crippen LogP contribution in [-0.4, -0.2) is 31.9 Å². The molecule has 2 N–H and O–H groups in total. The van der Waals surface area contributed by atoms with Crippen LogP contribution in [0.1, 0.15) is 18.1 Å². The first-order valence-corrected chi connectivity index (χ1v) is 5.68. The van der Waals surface area contributed by atoms with Crippen molar-refractivity contribution in [2.75, 3.05) is 25.6 Å². The number of nitrogens with one attached hydrogen (secondary N) is 1. The number of aryl methyl sites for hydroxylation is 1. The molecule has 90 valence electrons. The molecule has 1 aromatic carbocycles. The molecule has 0 spiro atoms. The minimum atomic E-state index is 0.137. The molecule has 0 saturated heterocycles. The van der Waals surface area contributed by atoms with E-state index in [2.05, 4.69) is 35.3 Å². The van der Waals surface area contributed by atoms with Crippen molar-refractivity contribution < 1.29 is 5.11 Å². The van der Waals surface area contributed by atoms with E-state index in [9.17, 15) is 5.11 Å². The molecule has 0 heterocycles. The summed E-state index contributed by atoms with van der Waals surface area (Å²) in [7, 11) is 3.96. The highest BCUT2D eigenvalue weighted by atomic mass is 16.3. The van der Waals surface area contributed by atoms with Gasteiger partial charge in [-0.15, -0.1) is 0 Å². The Kier molecular flexibility index (Phi) is 4.77. The van der Waals surface area contributed by atoms with Crippen LogP contribution in [-0.2, 0) is 6.54 Å². The number of aliphatic hydroxyl groups is 1. The van der Waals surface area contributed by atoms with E-state index in [1.54, 1.807) is 0 Å². The van der Waals surface area contributed by atoms with E-state index in [1.807, 2.05) is 21.0 Å². The Labute approximate surface area is 98.1 Å². The Morgan fingerprint density at radius 2 is 2.12 bits per heavy atom. The van der Waals surface area contributed by atoms with E-state index in [0.29, 0.717) is 0 Å². The zero-order valence-electron chi connectivity index (χ0n) is 10.6. The van der Waals surface area contributed by atoms with Gasteiger partial charge in [-0.05, 0) is 32.5 Å². The average Bonchev–Trinajstić information content (AvgIpc) is 2.28. The molecule has 1 unspecified atom stereocenters. The number of benzene rings is 1. The lowest BCUT2D eigenvalue weighted by Crippen LogP contribution is -2.32. The third-order valence-corrected chi connectivity index (χ3v) is 2.91. The minimum absolute atomic E-state index is 0.137. The summed E-state index contributed by atoms with van der Waals surface area (Å²) in [5.74, 6) is 0. The van der Waals surface area contributed by atoms with Crippen LogP contribution in [0.25, 0.3) is 0 Å². The van der Waals surface area contributed by atoms with Gasteiger partial charge in [0.2, 0.25) is 0 Å². The monoisotopic (exact) mass is 222 g/mol. The molecular weight excluding hydrogens is 200 g/mol. The molecule has 0 aliphatic rings. The van der Waals surface area contributed by atoms with Crippen LogP contribution >= 0.6 is 0 Å². The number of likely N-dealkylation sites (N-methyl/N-ethyl adjacent to an activating group) is 1. The predicted molar refractivity (Wildman–Crippen MR) is 68.9 cm³/mol. The summed E-state index contributed by atoms with van der Waals surface area (Å²) in [5.41, 5.74) is 3.71. The van der Waals surface area contributed by atoms with Crippen molar-refractivity contribution in [3.05, 3.63) is 29.3 Å². The lowest BCUT2D eigenvalue weighted by atomic mass is 10.1. The number of anilines is 1. The Bertz CT molecular complexity index is 339. The Morgan fingerprint density at radius 1 is 1.44 bits per heavy atom. The fourth-order valence-corrected chi connectivity index (χ4v) is 1.75. The third-order valence-electron chi connectivity index (χ3n) is 2.91. The van der Waals surface area contributed by atoms with Crippen LogP contribution in [0.5, 0.6) is 0 Å². The van der Waals surface area contributed by atoms with Crippen LogP contribution in [0, 0.1) is 6.92 Å². The second-order valence-electron chi connectivity index (χ2n) is 4.30. The summed E-state index contributed by atoms with van der Waals surface area (Å²) >= 11 is 0. The number of hydrogen-bond acceptors (Lipinski definition) is 3. The second-order valence-corrected chi connectivity index (χ2v) is 4.30. The van der Waals surface area contributed by atoms with Crippen molar-refractivity contribution in [1.82, 2.24) is 5.32 Å². The summed E-state index contributed by atoms with van der Waals surface area (Å²) in [5, 5.41) is 12.4. The lowest BCUT2D eigenvalue weighted by molar-refractivity contribution is 0.270. The van der Waals surface area contributed by atoms with Crippen LogP contribution in [0.15, 0.2) is 18.2 Å². The molecule has 0 amide bonds. The standard InChI is InChI=1S/C13H22N2O/c1-10-5-6-13(12(7-10)8-14-3)15(4)11(2)9-16/h5-7,11,14,16H,8-9H2,1-4H3. The maximum Gasteiger partial charge on any atom is 0.0632 e. The molecule has 0 aliphatic heterocycles. The van der Waals surface area contributed by atoms with Crippen molar-refractivity contribution in [3.63, 3.8) is 0 Å². The predicted octanol–water partition coefficient (Wildman–Crippen LogP) is 1.53. The molecule has 16 heavy (non-hydrogen) atoms. The quantitative estimate of drug-likeness (QED) is 0.793. The van der Waals surface area contributed by atoms with Crippen molar-refractivity contribution >= 4 is 5.69 Å². The highest BCUT2D eigenvalue weighted by Gasteiger charge is 2.12. The van der Waals surface area contributed by atoms with Gasteiger partial charge in [0, 0.05) is 25.3 Å². The first kappa shape index (κ1) is 13.0. The molecule has 0 radical (unpaired) electrons. The molecule has 0 saturated carbocycles. The summed E-state index contributed by atoms with van der Waals surface area (Å²) in [6.45, 7) is 5.13. The second kappa shape index (κ2) is 5.87. The van der Waals surface area contributed by atoms with Crippen LogP contribution in [0.2, 0.25) is 0 Å². The van der Waals surface area contributed by atoms with Gasteiger partial charge in [0.15, 0.2) is 0 Å². The zero-order chi connectivity index (χ0) is 12.1. The summed E-state index contributed by atoms with van der Waals surface area (Å²) in [6, 6.07) is 6.55. The number of nitrogens with zero attached hydrogens (tertiary/aromatic N) is 1. The zero-order valence-corrected chi connectivity index (χ0v) is 10.6. The Hall–Kier alpha value is -1.06. The van der Waals surface area contributed by atoms with E-state index in [-0.39, 0.29) is 12.6 Å². The summed E-state index contributed by atoms with van der Waals surface area (Å²) in [4.78, 5) is 2.12. The van der Waals surface area contributed by atoms with Gasteiger partial charge in [0.1, 0.15) is 0 Å². The van der Waals surface area contributed by atoms with Gasteiger partial charge in [-0.25, -0.2) is 0 Å². The van der Waals surface area contributed by atoms with Gasteiger partial charge in [-0.3, -0.25) is 0 Å². The molecule has 3 heteroatoms.